The van der Waals surface area contributed by atoms with Gasteiger partial charge in [0.15, 0.2) is 5.78 Å². The maximum atomic E-state index is 12.3. The van der Waals surface area contributed by atoms with Gasteiger partial charge in [0.2, 0.25) is 0 Å². The van der Waals surface area contributed by atoms with E-state index in [2.05, 4.69) is 15.9 Å². The summed E-state index contributed by atoms with van der Waals surface area (Å²) in [5.41, 5.74) is 2.50. The molecule has 0 saturated heterocycles. The molecule has 0 amide bonds. The molecule has 2 rings (SSSR count). The smallest absolute Gasteiger partial charge is 0.168 e. The van der Waals surface area contributed by atoms with Crippen molar-refractivity contribution in [2.75, 3.05) is 0 Å². The van der Waals surface area contributed by atoms with Crippen molar-refractivity contribution in [1.29, 1.82) is 0 Å². The van der Waals surface area contributed by atoms with Crippen LogP contribution in [0.5, 0.6) is 0 Å². The van der Waals surface area contributed by atoms with Crippen molar-refractivity contribution < 1.29 is 4.79 Å². The average Bonchev–Trinajstić information content (AvgIpc) is 2.33. The van der Waals surface area contributed by atoms with Crippen molar-refractivity contribution in [3.8, 4) is 0 Å². The number of halogens is 3. The Balaban J connectivity index is 2.28. The minimum atomic E-state index is 0.0102. The van der Waals surface area contributed by atoms with Gasteiger partial charge < -0.3 is 0 Å². The molecule has 0 atom stereocenters. The van der Waals surface area contributed by atoms with Gasteiger partial charge in [-0.2, -0.15) is 0 Å². The molecular weight excluding hydrogens is 347 g/mol. The lowest BCUT2D eigenvalue weighted by Crippen LogP contribution is -2.05. The summed E-state index contributed by atoms with van der Waals surface area (Å²) in [6.45, 7) is 1.98. The van der Waals surface area contributed by atoms with Crippen molar-refractivity contribution in [3.63, 3.8) is 0 Å². The third-order valence-electron chi connectivity index (χ3n) is 2.78. The molecule has 0 heterocycles. The largest absolute Gasteiger partial charge is 0.294 e. The van der Waals surface area contributed by atoms with Crippen LogP contribution in [0.3, 0.4) is 0 Å². The fourth-order valence-electron chi connectivity index (χ4n) is 1.79. The second-order valence-corrected chi connectivity index (χ2v) is 6.02. The third-order valence-corrected chi connectivity index (χ3v) is 4.04. The molecule has 0 N–H and O–H groups in total. The lowest BCUT2D eigenvalue weighted by molar-refractivity contribution is 0.0992. The molecule has 2 aromatic carbocycles. The molecule has 0 aliphatic rings. The summed E-state index contributed by atoms with van der Waals surface area (Å²) < 4.78 is 0.802. The first-order chi connectivity index (χ1) is 8.97. The van der Waals surface area contributed by atoms with E-state index in [1.165, 1.54) is 0 Å². The summed E-state index contributed by atoms with van der Waals surface area (Å²) in [6, 6.07) is 10.8. The van der Waals surface area contributed by atoms with Gasteiger partial charge in [0.05, 0.1) is 0 Å². The van der Waals surface area contributed by atoms with Crippen LogP contribution in [0.25, 0.3) is 0 Å². The van der Waals surface area contributed by atoms with E-state index in [0.717, 1.165) is 15.6 Å². The van der Waals surface area contributed by atoms with E-state index in [4.69, 9.17) is 23.2 Å². The number of hydrogen-bond donors (Lipinski definition) is 0. The normalized spacial score (nSPS) is 10.5. The summed E-state index contributed by atoms with van der Waals surface area (Å²) in [6.07, 6.45) is 0.237. The molecule has 0 spiro atoms. The van der Waals surface area contributed by atoms with E-state index in [1.807, 2.05) is 25.1 Å². The molecule has 4 heteroatoms. The van der Waals surface area contributed by atoms with Crippen LogP contribution in [-0.4, -0.2) is 5.78 Å². The molecule has 0 radical (unpaired) electrons. The van der Waals surface area contributed by atoms with E-state index in [-0.39, 0.29) is 12.2 Å². The number of benzene rings is 2. The highest BCUT2D eigenvalue weighted by Crippen LogP contribution is 2.24. The van der Waals surface area contributed by atoms with Crippen LogP contribution in [-0.2, 0) is 6.42 Å². The Morgan fingerprint density at radius 2 is 1.89 bits per heavy atom. The summed E-state index contributed by atoms with van der Waals surface area (Å²) in [4.78, 5) is 12.3. The Bertz CT molecular complexity index is 638. The molecule has 0 bridgehead atoms. The van der Waals surface area contributed by atoms with Crippen LogP contribution < -0.4 is 0 Å². The van der Waals surface area contributed by atoms with Gasteiger partial charge in [0.25, 0.3) is 0 Å². The highest BCUT2D eigenvalue weighted by molar-refractivity contribution is 9.10. The second-order valence-electron chi connectivity index (χ2n) is 4.32. The molecule has 0 aliphatic heterocycles. The van der Waals surface area contributed by atoms with Crippen molar-refractivity contribution in [2.45, 2.75) is 13.3 Å². The van der Waals surface area contributed by atoms with Crippen LogP contribution in [0.15, 0.2) is 40.9 Å². The Kier molecular flexibility index (Phi) is 4.67. The molecular formula is C15H11BrCl2O. The van der Waals surface area contributed by atoms with Gasteiger partial charge in [0.1, 0.15) is 0 Å². The maximum Gasteiger partial charge on any atom is 0.168 e. The predicted molar refractivity (Wildman–Crippen MR) is 83.4 cm³/mol. The number of ketones is 1. The summed E-state index contributed by atoms with van der Waals surface area (Å²) in [7, 11) is 0. The third kappa shape index (κ3) is 3.59. The molecule has 0 aromatic heterocycles. The van der Waals surface area contributed by atoms with Crippen molar-refractivity contribution >= 4 is 44.9 Å². The zero-order valence-corrected chi connectivity index (χ0v) is 13.3. The van der Waals surface area contributed by atoms with Crippen LogP contribution in [0, 0.1) is 6.92 Å². The molecule has 0 saturated carbocycles. The van der Waals surface area contributed by atoms with E-state index < -0.39 is 0 Å². The monoisotopic (exact) mass is 356 g/mol. The maximum absolute atomic E-state index is 12.3. The van der Waals surface area contributed by atoms with Gasteiger partial charge in [-0.3, -0.25) is 4.79 Å². The molecule has 0 aliphatic carbocycles. The SMILES string of the molecule is Cc1ccc(C(=O)Cc2cc(Cl)ccc2Cl)c(Br)c1. The zero-order valence-electron chi connectivity index (χ0n) is 10.2. The van der Waals surface area contributed by atoms with Gasteiger partial charge in [-0.1, -0.05) is 45.2 Å². The second kappa shape index (κ2) is 6.08. The van der Waals surface area contributed by atoms with Gasteiger partial charge in [-0.05, 0) is 48.4 Å². The lowest BCUT2D eigenvalue weighted by atomic mass is 10.0. The zero-order chi connectivity index (χ0) is 14.0. The van der Waals surface area contributed by atoms with E-state index in [9.17, 15) is 4.79 Å². The number of Topliss-reactive ketones (excluding diaryl/α,β-unsaturated/α-hetero) is 1. The predicted octanol–water partition coefficient (Wildman–Crippen LogP) is 5.49. The molecule has 98 valence electrons. The van der Waals surface area contributed by atoms with Crippen LogP contribution in [0.4, 0.5) is 0 Å². The highest BCUT2D eigenvalue weighted by atomic mass is 79.9. The Labute approximate surface area is 130 Å². The minimum Gasteiger partial charge on any atom is -0.294 e. The van der Waals surface area contributed by atoms with Crippen LogP contribution in [0.2, 0.25) is 10.0 Å². The number of carbonyl (C=O) groups is 1. The quantitative estimate of drug-likeness (QED) is 0.664. The fourth-order valence-corrected chi connectivity index (χ4v) is 2.89. The summed E-state index contributed by atoms with van der Waals surface area (Å²) in [5, 5.41) is 1.14. The summed E-state index contributed by atoms with van der Waals surface area (Å²) in [5.74, 6) is 0.0102. The lowest BCUT2D eigenvalue weighted by Gasteiger charge is -2.07. The van der Waals surface area contributed by atoms with Crippen molar-refractivity contribution in [1.82, 2.24) is 0 Å². The first-order valence-corrected chi connectivity index (χ1v) is 7.25. The van der Waals surface area contributed by atoms with E-state index in [0.29, 0.717) is 15.6 Å². The molecule has 0 unspecified atom stereocenters. The fraction of sp³-hybridized carbons (Fsp3) is 0.133. The van der Waals surface area contributed by atoms with Crippen molar-refractivity contribution in [3.05, 3.63) is 67.6 Å². The Hall–Kier alpha value is -0.830. The van der Waals surface area contributed by atoms with Gasteiger partial charge in [-0.15, -0.1) is 0 Å². The molecule has 19 heavy (non-hydrogen) atoms. The topological polar surface area (TPSA) is 17.1 Å². The summed E-state index contributed by atoms with van der Waals surface area (Å²) >= 11 is 15.4. The van der Waals surface area contributed by atoms with E-state index >= 15 is 0 Å². The molecule has 0 fully saturated rings. The van der Waals surface area contributed by atoms with Crippen molar-refractivity contribution in [2.24, 2.45) is 0 Å². The number of aryl methyl sites for hydroxylation is 1. The minimum absolute atomic E-state index is 0.0102. The average molecular weight is 358 g/mol. The van der Waals surface area contributed by atoms with Crippen LogP contribution in [0.1, 0.15) is 21.5 Å². The van der Waals surface area contributed by atoms with Gasteiger partial charge in [0, 0.05) is 26.5 Å². The Morgan fingerprint density at radius 1 is 1.16 bits per heavy atom. The standard InChI is InChI=1S/C15H11BrCl2O/c1-9-2-4-12(13(16)6-9)15(19)8-10-7-11(17)3-5-14(10)18/h2-7H,8H2,1H3. The van der Waals surface area contributed by atoms with Gasteiger partial charge >= 0.3 is 0 Å². The highest BCUT2D eigenvalue weighted by Gasteiger charge is 2.13. The Morgan fingerprint density at radius 3 is 2.58 bits per heavy atom. The van der Waals surface area contributed by atoms with Gasteiger partial charge in [-0.25, -0.2) is 0 Å². The first kappa shape index (κ1) is 14.6. The molecule has 1 nitrogen and oxygen atoms in total. The van der Waals surface area contributed by atoms with Crippen LogP contribution >= 0.6 is 39.1 Å². The first-order valence-electron chi connectivity index (χ1n) is 5.70. The number of rotatable bonds is 3. The molecule has 2 aromatic rings. The van der Waals surface area contributed by atoms with E-state index in [1.54, 1.807) is 18.2 Å². The number of hydrogen-bond acceptors (Lipinski definition) is 1. The number of carbonyl (C=O) groups excluding carboxylic acids is 1.